The second kappa shape index (κ2) is 78.8. The van der Waals surface area contributed by atoms with E-state index in [4.69, 9.17) is 4.74 Å². The fourth-order valence-corrected chi connectivity index (χ4v) is 13.2. The molecule has 3 N–H and O–H groups in total. The molecule has 0 aliphatic rings. The number of hydrogen-bond donors (Lipinski definition) is 3. The lowest BCUT2D eigenvalue weighted by Gasteiger charge is -2.20. The highest BCUT2D eigenvalue weighted by Gasteiger charge is 2.18. The van der Waals surface area contributed by atoms with E-state index in [0.29, 0.717) is 19.4 Å². The van der Waals surface area contributed by atoms with Gasteiger partial charge in [0.2, 0.25) is 5.91 Å². The first kappa shape index (κ1) is 87.3. The molecule has 0 saturated heterocycles. The van der Waals surface area contributed by atoms with Crippen LogP contribution in [0.3, 0.4) is 0 Å². The highest BCUT2D eigenvalue weighted by molar-refractivity contribution is 5.76. The van der Waals surface area contributed by atoms with Gasteiger partial charge in [0, 0.05) is 12.8 Å². The predicted molar refractivity (Wildman–Crippen MR) is 393 cm³/mol. The number of nitrogens with one attached hydrogen (secondary N) is 1. The lowest BCUT2D eigenvalue weighted by molar-refractivity contribution is -0.143. The van der Waals surface area contributed by atoms with Crippen molar-refractivity contribution in [1.29, 1.82) is 0 Å². The number of carbonyl (C=O) groups is 2. The Kier molecular flexibility index (Phi) is 77.3. The van der Waals surface area contributed by atoms with Crippen molar-refractivity contribution in [3.8, 4) is 0 Å². The topological polar surface area (TPSA) is 95.9 Å². The lowest BCUT2D eigenvalue weighted by atomic mass is 10.0. The Bertz CT molecular complexity index is 1400. The first-order valence-electron chi connectivity index (χ1n) is 41.1. The minimum absolute atomic E-state index is 0.0226. The number of rotatable bonds is 78. The van der Waals surface area contributed by atoms with Crippen LogP contribution in [0.2, 0.25) is 0 Å². The second-order valence-electron chi connectivity index (χ2n) is 28.5. The summed E-state index contributed by atoms with van der Waals surface area (Å²) in [6, 6.07) is -0.627. The SMILES string of the molecule is CCCCCCCCCCCCCCCCCCCCCCCC/C=C/C(O)C(CO)NC(=O)CCCCCCCCCCCCCCCCCC/C=C\CCCCCCCCCCCCCCOC(=O)CCCCCCCCCCCCCCCCCC. The van der Waals surface area contributed by atoms with E-state index in [1.807, 2.05) is 6.08 Å². The fourth-order valence-electron chi connectivity index (χ4n) is 13.2. The Balaban J connectivity index is 3.37. The molecule has 0 aliphatic heterocycles. The maximum Gasteiger partial charge on any atom is 0.305 e. The quantitative estimate of drug-likeness (QED) is 0.0320. The van der Waals surface area contributed by atoms with Crippen LogP contribution in [0.25, 0.3) is 0 Å². The van der Waals surface area contributed by atoms with Gasteiger partial charge in [0.15, 0.2) is 0 Å². The molecular formula is C83H161NO5. The molecule has 6 heteroatoms. The van der Waals surface area contributed by atoms with Gasteiger partial charge in [0.25, 0.3) is 0 Å². The lowest BCUT2D eigenvalue weighted by Crippen LogP contribution is -2.45. The van der Waals surface area contributed by atoms with E-state index in [9.17, 15) is 19.8 Å². The molecule has 0 heterocycles. The van der Waals surface area contributed by atoms with E-state index in [1.54, 1.807) is 6.08 Å². The van der Waals surface area contributed by atoms with Gasteiger partial charge in [-0.2, -0.15) is 0 Å². The zero-order chi connectivity index (χ0) is 64.2. The highest BCUT2D eigenvalue weighted by atomic mass is 16.5. The van der Waals surface area contributed by atoms with E-state index in [1.165, 1.54) is 405 Å². The number of unbranched alkanes of at least 4 members (excludes halogenated alkanes) is 65. The van der Waals surface area contributed by atoms with Gasteiger partial charge in [-0.25, -0.2) is 0 Å². The summed E-state index contributed by atoms with van der Waals surface area (Å²) in [4.78, 5) is 24.7. The van der Waals surface area contributed by atoms with Gasteiger partial charge in [-0.05, 0) is 57.8 Å². The van der Waals surface area contributed by atoms with E-state index >= 15 is 0 Å². The van der Waals surface area contributed by atoms with Crippen molar-refractivity contribution in [2.45, 2.75) is 482 Å². The van der Waals surface area contributed by atoms with Crippen molar-refractivity contribution >= 4 is 11.9 Å². The summed E-state index contributed by atoms with van der Waals surface area (Å²) in [5.74, 6) is -0.0373. The first-order chi connectivity index (χ1) is 44.0. The minimum Gasteiger partial charge on any atom is -0.466 e. The van der Waals surface area contributed by atoms with Gasteiger partial charge in [-0.3, -0.25) is 9.59 Å². The van der Waals surface area contributed by atoms with Crippen molar-refractivity contribution in [2.24, 2.45) is 0 Å². The third kappa shape index (κ3) is 75.3. The highest BCUT2D eigenvalue weighted by Crippen LogP contribution is 2.20. The maximum absolute atomic E-state index is 12.6. The molecule has 0 radical (unpaired) electrons. The van der Waals surface area contributed by atoms with E-state index < -0.39 is 12.1 Å². The zero-order valence-electron chi connectivity index (χ0n) is 60.7. The standard InChI is InChI=1S/C83H161NO5/c1-3-5-7-9-11-13-15-17-19-21-22-23-24-35-38-41-44-47-51-55-59-63-67-71-75-81(86)80(79-85)84-82(87)76-72-68-64-60-56-52-48-45-42-39-36-33-31-29-27-25-26-28-30-32-34-37-40-43-46-50-54-58-62-66-70-74-78-89-83(88)77-73-69-65-61-57-53-49-20-18-16-14-12-10-8-6-4-2/h28,30,71,75,80-81,85-86H,3-27,29,31-70,72-74,76-79H2,1-2H3,(H,84,87)/b30-28-,75-71+. The van der Waals surface area contributed by atoms with Crippen LogP contribution < -0.4 is 5.32 Å². The van der Waals surface area contributed by atoms with Crippen molar-refractivity contribution in [1.82, 2.24) is 5.32 Å². The van der Waals surface area contributed by atoms with Crippen LogP contribution in [0.15, 0.2) is 24.3 Å². The van der Waals surface area contributed by atoms with Gasteiger partial charge < -0.3 is 20.3 Å². The molecule has 6 nitrogen and oxygen atoms in total. The normalized spacial score (nSPS) is 12.5. The molecule has 0 aromatic carbocycles. The number of hydrogen-bond acceptors (Lipinski definition) is 5. The predicted octanol–water partition coefficient (Wildman–Crippen LogP) is 27.2. The summed E-state index contributed by atoms with van der Waals surface area (Å²) in [5, 5.41) is 23.3. The molecule has 89 heavy (non-hydrogen) atoms. The molecule has 2 atom stereocenters. The average Bonchev–Trinajstić information content (AvgIpc) is 3.57. The van der Waals surface area contributed by atoms with Crippen LogP contribution in [0.4, 0.5) is 0 Å². The van der Waals surface area contributed by atoms with Gasteiger partial charge in [0.1, 0.15) is 0 Å². The molecule has 0 saturated carbocycles. The molecule has 0 aromatic heterocycles. The Morgan fingerprint density at radius 3 is 0.798 bits per heavy atom. The van der Waals surface area contributed by atoms with Crippen LogP contribution in [0, 0.1) is 0 Å². The smallest absolute Gasteiger partial charge is 0.305 e. The monoisotopic (exact) mass is 1250 g/mol. The van der Waals surface area contributed by atoms with Crippen molar-refractivity contribution < 1.29 is 24.5 Å². The third-order valence-electron chi connectivity index (χ3n) is 19.5. The summed E-state index contributed by atoms with van der Waals surface area (Å²) in [7, 11) is 0. The Morgan fingerprint density at radius 2 is 0.528 bits per heavy atom. The molecule has 0 fully saturated rings. The van der Waals surface area contributed by atoms with E-state index in [2.05, 4.69) is 31.3 Å². The summed E-state index contributed by atoms with van der Waals surface area (Å²) in [6.07, 6.45) is 102. The molecule has 0 aliphatic carbocycles. The Hall–Kier alpha value is -1.66. The number of ether oxygens (including phenoxy) is 1. The number of amides is 1. The van der Waals surface area contributed by atoms with Crippen molar-refractivity contribution in [3.05, 3.63) is 24.3 Å². The van der Waals surface area contributed by atoms with E-state index in [0.717, 1.165) is 38.5 Å². The fraction of sp³-hybridized carbons (Fsp3) is 0.928. The number of esters is 1. The van der Waals surface area contributed by atoms with Gasteiger partial charge in [-0.1, -0.05) is 423 Å². The second-order valence-corrected chi connectivity index (χ2v) is 28.5. The first-order valence-corrected chi connectivity index (χ1v) is 41.1. The Morgan fingerprint density at radius 1 is 0.303 bits per heavy atom. The molecule has 0 aromatic rings. The van der Waals surface area contributed by atoms with Gasteiger partial charge in [0.05, 0.1) is 25.4 Å². The summed E-state index contributed by atoms with van der Waals surface area (Å²) in [5.41, 5.74) is 0. The summed E-state index contributed by atoms with van der Waals surface area (Å²) < 4.78 is 5.51. The molecular weight excluding hydrogens is 1090 g/mol. The van der Waals surface area contributed by atoms with Crippen LogP contribution in [-0.4, -0.2) is 47.4 Å². The molecule has 0 spiro atoms. The van der Waals surface area contributed by atoms with Crippen LogP contribution in [0.1, 0.15) is 470 Å². The minimum atomic E-state index is -0.844. The maximum atomic E-state index is 12.6. The molecule has 0 rings (SSSR count). The van der Waals surface area contributed by atoms with Crippen molar-refractivity contribution in [3.63, 3.8) is 0 Å². The summed E-state index contributed by atoms with van der Waals surface area (Å²) >= 11 is 0. The largest absolute Gasteiger partial charge is 0.466 e. The van der Waals surface area contributed by atoms with Gasteiger partial charge >= 0.3 is 5.97 Å². The molecule has 0 bridgehead atoms. The van der Waals surface area contributed by atoms with Crippen LogP contribution >= 0.6 is 0 Å². The van der Waals surface area contributed by atoms with Crippen molar-refractivity contribution in [2.75, 3.05) is 13.2 Å². The molecule has 2 unspecified atom stereocenters. The summed E-state index contributed by atoms with van der Waals surface area (Å²) in [6.45, 7) is 4.97. The number of allylic oxidation sites excluding steroid dienone is 3. The number of aliphatic hydroxyl groups excluding tert-OH is 2. The number of aliphatic hydroxyl groups is 2. The Labute approximate surface area is 558 Å². The van der Waals surface area contributed by atoms with Gasteiger partial charge in [-0.15, -0.1) is 0 Å². The average molecular weight is 1250 g/mol. The van der Waals surface area contributed by atoms with Crippen LogP contribution in [-0.2, 0) is 14.3 Å². The number of carbonyl (C=O) groups excluding carboxylic acids is 2. The molecule has 528 valence electrons. The van der Waals surface area contributed by atoms with Crippen LogP contribution in [0.5, 0.6) is 0 Å². The van der Waals surface area contributed by atoms with E-state index in [-0.39, 0.29) is 18.5 Å². The molecule has 1 amide bonds. The zero-order valence-corrected chi connectivity index (χ0v) is 60.7. The third-order valence-corrected chi connectivity index (χ3v) is 19.5.